The Hall–Kier alpha value is 0.180. The van der Waals surface area contributed by atoms with E-state index >= 15 is 0 Å². The lowest BCUT2D eigenvalue weighted by atomic mass is 9.81. The first-order chi connectivity index (χ1) is 7.33. The van der Waals surface area contributed by atoms with Crippen molar-refractivity contribution in [2.45, 2.75) is 38.0 Å². The molecule has 1 aliphatic carbocycles. The van der Waals surface area contributed by atoms with Crippen LogP contribution in [-0.2, 0) is 6.42 Å². The van der Waals surface area contributed by atoms with Crippen molar-refractivity contribution in [3.8, 4) is 0 Å². The summed E-state index contributed by atoms with van der Waals surface area (Å²) in [6, 6.07) is 6.64. The monoisotopic (exact) mass is 330 g/mol. The van der Waals surface area contributed by atoms with Gasteiger partial charge in [0.15, 0.2) is 0 Å². The largest absolute Gasteiger partial charge is 0.0928 e. The fourth-order valence-electron chi connectivity index (χ4n) is 2.55. The van der Waals surface area contributed by atoms with E-state index in [2.05, 4.69) is 50.1 Å². The molecule has 0 saturated heterocycles. The highest BCUT2D eigenvalue weighted by molar-refractivity contribution is 9.10. The molecular weight excluding hydrogens is 316 g/mol. The first kappa shape index (κ1) is 11.7. The van der Waals surface area contributed by atoms with Crippen LogP contribution in [0.2, 0.25) is 0 Å². The summed E-state index contributed by atoms with van der Waals surface area (Å²) in [6.45, 7) is 0. The van der Waals surface area contributed by atoms with E-state index < -0.39 is 0 Å². The number of hydrogen-bond acceptors (Lipinski definition) is 0. The molecule has 82 valence electrons. The Kier molecular flexibility index (Phi) is 4.27. The third kappa shape index (κ3) is 2.65. The SMILES string of the molecule is BrCCC[C@H]1CCCc2cccc(Br)c21. The van der Waals surface area contributed by atoms with Gasteiger partial charge >= 0.3 is 0 Å². The van der Waals surface area contributed by atoms with Crippen LogP contribution in [-0.4, -0.2) is 5.33 Å². The summed E-state index contributed by atoms with van der Waals surface area (Å²) in [6.07, 6.45) is 6.59. The van der Waals surface area contributed by atoms with Gasteiger partial charge in [0, 0.05) is 9.80 Å². The Morgan fingerprint density at radius 1 is 1.33 bits per heavy atom. The van der Waals surface area contributed by atoms with Gasteiger partial charge in [-0.25, -0.2) is 0 Å². The van der Waals surface area contributed by atoms with Crippen molar-refractivity contribution < 1.29 is 0 Å². The van der Waals surface area contributed by atoms with Crippen molar-refractivity contribution in [3.05, 3.63) is 33.8 Å². The lowest BCUT2D eigenvalue weighted by Gasteiger charge is -2.26. The second kappa shape index (κ2) is 5.49. The Labute approximate surface area is 109 Å². The van der Waals surface area contributed by atoms with Crippen molar-refractivity contribution in [1.82, 2.24) is 0 Å². The van der Waals surface area contributed by atoms with Gasteiger partial charge in [-0.15, -0.1) is 0 Å². The van der Waals surface area contributed by atoms with Crippen molar-refractivity contribution in [3.63, 3.8) is 0 Å². The van der Waals surface area contributed by atoms with Gasteiger partial charge in [0.2, 0.25) is 0 Å². The zero-order chi connectivity index (χ0) is 10.7. The molecule has 2 rings (SSSR count). The summed E-state index contributed by atoms with van der Waals surface area (Å²) >= 11 is 7.23. The molecule has 0 radical (unpaired) electrons. The van der Waals surface area contributed by atoms with Crippen LogP contribution in [0.15, 0.2) is 22.7 Å². The van der Waals surface area contributed by atoms with Gasteiger partial charge in [0.05, 0.1) is 0 Å². The minimum Gasteiger partial charge on any atom is -0.0928 e. The normalized spacial score (nSPS) is 20.0. The van der Waals surface area contributed by atoms with Gasteiger partial charge in [-0.1, -0.05) is 44.0 Å². The van der Waals surface area contributed by atoms with Crippen LogP contribution in [0.3, 0.4) is 0 Å². The quantitative estimate of drug-likeness (QED) is 0.680. The average Bonchev–Trinajstić information content (AvgIpc) is 2.26. The molecule has 1 aliphatic rings. The van der Waals surface area contributed by atoms with Gasteiger partial charge in [0.25, 0.3) is 0 Å². The number of fused-ring (bicyclic) bond motifs is 1. The van der Waals surface area contributed by atoms with E-state index in [4.69, 9.17) is 0 Å². The summed E-state index contributed by atoms with van der Waals surface area (Å²) in [5, 5.41) is 1.13. The number of rotatable bonds is 3. The fourth-order valence-corrected chi connectivity index (χ4v) is 3.61. The number of benzene rings is 1. The second-order valence-corrected chi connectivity index (χ2v) is 5.88. The molecule has 0 nitrogen and oxygen atoms in total. The highest BCUT2D eigenvalue weighted by Crippen LogP contribution is 2.39. The Bertz CT molecular complexity index is 333. The van der Waals surface area contributed by atoms with E-state index in [0.29, 0.717) is 0 Å². The maximum Gasteiger partial charge on any atom is 0.0212 e. The van der Waals surface area contributed by atoms with Gasteiger partial charge in [-0.3, -0.25) is 0 Å². The van der Waals surface area contributed by atoms with Crippen LogP contribution >= 0.6 is 31.9 Å². The molecule has 0 aromatic heterocycles. The highest BCUT2D eigenvalue weighted by atomic mass is 79.9. The lowest BCUT2D eigenvalue weighted by molar-refractivity contribution is 0.515. The van der Waals surface area contributed by atoms with E-state index in [0.717, 1.165) is 11.2 Å². The average molecular weight is 332 g/mol. The third-order valence-electron chi connectivity index (χ3n) is 3.24. The van der Waals surface area contributed by atoms with Gasteiger partial charge in [-0.2, -0.15) is 0 Å². The van der Waals surface area contributed by atoms with Crippen LogP contribution < -0.4 is 0 Å². The van der Waals surface area contributed by atoms with Crippen molar-refractivity contribution in [2.24, 2.45) is 0 Å². The molecule has 0 saturated carbocycles. The minimum atomic E-state index is 0.780. The third-order valence-corrected chi connectivity index (χ3v) is 4.49. The van der Waals surface area contributed by atoms with Crippen molar-refractivity contribution >= 4 is 31.9 Å². The molecule has 15 heavy (non-hydrogen) atoms. The summed E-state index contributed by atoms with van der Waals surface area (Å²) in [5.41, 5.74) is 3.15. The predicted molar refractivity (Wildman–Crippen MR) is 72.8 cm³/mol. The van der Waals surface area contributed by atoms with Crippen LogP contribution in [0.5, 0.6) is 0 Å². The molecule has 0 aliphatic heterocycles. The molecule has 1 aromatic carbocycles. The van der Waals surface area contributed by atoms with Crippen molar-refractivity contribution in [2.75, 3.05) is 5.33 Å². The number of hydrogen-bond donors (Lipinski definition) is 0. The molecular formula is C13H16Br2. The molecule has 0 fully saturated rings. The van der Waals surface area contributed by atoms with E-state index in [1.807, 2.05) is 0 Å². The van der Waals surface area contributed by atoms with Crippen LogP contribution in [0.1, 0.15) is 42.7 Å². The smallest absolute Gasteiger partial charge is 0.0212 e. The maximum absolute atomic E-state index is 3.70. The summed E-state index contributed by atoms with van der Waals surface area (Å²) in [7, 11) is 0. The van der Waals surface area contributed by atoms with Crippen LogP contribution in [0.25, 0.3) is 0 Å². The molecule has 1 aromatic rings. The molecule has 2 heteroatoms. The maximum atomic E-state index is 3.70. The minimum absolute atomic E-state index is 0.780. The summed E-state index contributed by atoms with van der Waals surface area (Å²) < 4.78 is 1.32. The number of aryl methyl sites for hydroxylation is 1. The summed E-state index contributed by atoms with van der Waals surface area (Å²) in [4.78, 5) is 0. The van der Waals surface area contributed by atoms with Crippen molar-refractivity contribution in [1.29, 1.82) is 0 Å². The molecule has 0 heterocycles. The lowest BCUT2D eigenvalue weighted by Crippen LogP contribution is -2.10. The van der Waals surface area contributed by atoms with E-state index in [1.165, 1.54) is 36.6 Å². The zero-order valence-corrected chi connectivity index (χ0v) is 12.0. The van der Waals surface area contributed by atoms with E-state index in [9.17, 15) is 0 Å². The molecule has 0 amide bonds. The first-order valence-corrected chi connectivity index (χ1v) is 7.57. The Morgan fingerprint density at radius 3 is 3.00 bits per heavy atom. The number of alkyl halides is 1. The van der Waals surface area contributed by atoms with Gasteiger partial charge < -0.3 is 0 Å². The highest BCUT2D eigenvalue weighted by Gasteiger charge is 2.21. The standard InChI is InChI=1S/C13H16Br2/c14-9-3-7-11-5-1-4-10-6-2-8-12(15)13(10)11/h2,6,8,11H,1,3-5,7,9H2/t11-/m1/s1. The molecule has 1 atom stereocenters. The van der Waals surface area contributed by atoms with Crippen LogP contribution in [0.4, 0.5) is 0 Å². The molecule has 0 N–H and O–H groups in total. The van der Waals surface area contributed by atoms with E-state index in [-0.39, 0.29) is 0 Å². The Balaban J connectivity index is 2.24. The topological polar surface area (TPSA) is 0 Å². The van der Waals surface area contributed by atoms with Gasteiger partial charge in [0.1, 0.15) is 0 Å². The van der Waals surface area contributed by atoms with Gasteiger partial charge in [-0.05, 0) is 55.2 Å². The molecule has 0 bridgehead atoms. The van der Waals surface area contributed by atoms with E-state index in [1.54, 1.807) is 11.1 Å². The summed E-state index contributed by atoms with van der Waals surface area (Å²) in [5.74, 6) is 0.780. The Morgan fingerprint density at radius 2 is 2.20 bits per heavy atom. The molecule has 0 unspecified atom stereocenters. The second-order valence-electron chi connectivity index (χ2n) is 4.23. The van der Waals surface area contributed by atoms with Crippen LogP contribution in [0, 0.1) is 0 Å². The first-order valence-electron chi connectivity index (χ1n) is 5.66. The zero-order valence-electron chi connectivity index (χ0n) is 8.81. The number of halogens is 2. The predicted octanol–water partition coefficient (Wildman–Crippen LogP) is 5.04. The molecule has 0 spiro atoms. The fraction of sp³-hybridized carbons (Fsp3) is 0.538.